The molecule has 150 valence electrons. The second-order valence-corrected chi connectivity index (χ2v) is 7.43. The van der Waals surface area contributed by atoms with E-state index >= 15 is 0 Å². The number of rotatable bonds is 7. The van der Waals surface area contributed by atoms with Crippen molar-refractivity contribution < 1.29 is 9.90 Å². The van der Waals surface area contributed by atoms with Crippen LogP contribution in [0.4, 0.5) is 0 Å². The van der Waals surface area contributed by atoms with Crippen molar-refractivity contribution in [2.75, 3.05) is 0 Å². The number of nitrogens with zero attached hydrogens (tertiary/aromatic N) is 2. The molecule has 30 heavy (non-hydrogen) atoms. The minimum atomic E-state index is -0.915. The number of benzene rings is 3. The van der Waals surface area contributed by atoms with Crippen molar-refractivity contribution in [3.8, 4) is 11.1 Å². The molecule has 4 aromatic rings. The highest BCUT2D eigenvalue weighted by molar-refractivity contribution is 5.96. The van der Waals surface area contributed by atoms with Crippen molar-refractivity contribution in [1.29, 1.82) is 0 Å². The van der Waals surface area contributed by atoms with Gasteiger partial charge in [-0.05, 0) is 35.2 Å². The van der Waals surface area contributed by atoms with Gasteiger partial charge in [-0.1, -0.05) is 74.0 Å². The zero-order valence-electron chi connectivity index (χ0n) is 17.0. The molecule has 0 unspecified atom stereocenters. The Bertz CT molecular complexity index is 1180. The molecule has 1 heterocycles. The second-order valence-electron chi connectivity index (χ2n) is 7.43. The fourth-order valence-corrected chi connectivity index (χ4v) is 3.69. The average Bonchev–Trinajstić information content (AvgIpc) is 2.78. The SMILES string of the molecule is CCCCc1nc(Cc2ccc(-c3ccccc3C(=O)O)cc2)c2ccccc2n1. The lowest BCUT2D eigenvalue weighted by molar-refractivity contribution is 0.0697. The van der Waals surface area contributed by atoms with Crippen LogP contribution in [0.2, 0.25) is 0 Å². The summed E-state index contributed by atoms with van der Waals surface area (Å²) in [7, 11) is 0. The second kappa shape index (κ2) is 8.87. The Balaban J connectivity index is 1.65. The van der Waals surface area contributed by atoms with E-state index in [1.807, 2.05) is 42.5 Å². The predicted octanol–water partition coefficient (Wildman–Crippen LogP) is 5.93. The topological polar surface area (TPSA) is 63.1 Å². The van der Waals surface area contributed by atoms with E-state index in [0.717, 1.165) is 58.4 Å². The molecule has 0 amide bonds. The highest BCUT2D eigenvalue weighted by Crippen LogP contribution is 2.25. The molecule has 0 saturated carbocycles. The minimum absolute atomic E-state index is 0.313. The number of aryl methyl sites for hydroxylation is 1. The molecule has 4 nitrogen and oxygen atoms in total. The van der Waals surface area contributed by atoms with Crippen molar-refractivity contribution in [3.05, 3.63) is 95.4 Å². The molecule has 0 saturated heterocycles. The fraction of sp³-hybridized carbons (Fsp3) is 0.192. The normalized spacial score (nSPS) is 11.0. The molecule has 1 aromatic heterocycles. The van der Waals surface area contributed by atoms with Crippen LogP contribution in [-0.2, 0) is 12.8 Å². The summed E-state index contributed by atoms with van der Waals surface area (Å²) in [4.78, 5) is 21.1. The van der Waals surface area contributed by atoms with Crippen molar-refractivity contribution in [3.63, 3.8) is 0 Å². The van der Waals surface area contributed by atoms with Crippen LogP contribution >= 0.6 is 0 Å². The third kappa shape index (κ3) is 4.23. The summed E-state index contributed by atoms with van der Waals surface area (Å²) in [5.74, 6) is -0.0145. The fourth-order valence-electron chi connectivity index (χ4n) is 3.69. The molecule has 0 aliphatic carbocycles. The molecule has 3 aromatic carbocycles. The standard InChI is InChI=1S/C26H24N2O2/c1-2-3-12-25-27-23-11-7-6-10-22(23)24(28-25)17-18-13-15-19(16-14-18)20-8-4-5-9-21(20)26(29)30/h4-11,13-16H,2-3,12,17H2,1H3,(H,29,30). The van der Waals surface area contributed by atoms with E-state index in [0.29, 0.717) is 12.0 Å². The number of fused-ring (bicyclic) bond motifs is 1. The van der Waals surface area contributed by atoms with Gasteiger partial charge in [-0.2, -0.15) is 0 Å². The van der Waals surface area contributed by atoms with Crippen LogP contribution in [0.1, 0.15) is 47.2 Å². The maximum Gasteiger partial charge on any atom is 0.336 e. The molecule has 0 atom stereocenters. The van der Waals surface area contributed by atoms with Gasteiger partial charge >= 0.3 is 5.97 Å². The smallest absolute Gasteiger partial charge is 0.336 e. The number of unbranched alkanes of at least 4 members (excludes halogenated alkanes) is 1. The van der Waals surface area contributed by atoms with E-state index in [9.17, 15) is 9.90 Å². The van der Waals surface area contributed by atoms with E-state index in [-0.39, 0.29) is 0 Å². The molecule has 0 aliphatic heterocycles. The summed E-state index contributed by atoms with van der Waals surface area (Å²) in [5.41, 5.74) is 5.09. The van der Waals surface area contributed by atoms with E-state index in [1.165, 1.54) is 0 Å². The first kappa shape index (κ1) is 19.8. The molecular weight excluding hydrogens is 372 g/mol. The summed E-state index contributed by atoms with van der Waals surface area (Å²) >= 11 is 0. The zero-order chi connectivity index (χ0) is 20.9. The van der Waals surface area contributed by atoms with Gasteiger partial charge in [0.05, 0.1) is 16.8 Å². The van der Waals surface area contributed by atoms with Gasteiger partial charge in [-0.3, -0.25) is 0 Å². The third-order valence-corrected chi connectivity index (χ3v) is 5.28. The Kier molecular flexibility index (Phi) is 5.84. The largest absolute Gasteiger partial charge is 0.478 e. The first-order valence-corrected chi connectivity index (χ1v) is 10.3. The van der Waals surface area contributed by atoms with Gasteiger partial charge < -0.3 is 5.11 Å². The summed E-state index contributed by atoms with van der Waals surface area (Å²) in [5, 5.41) is 10.5. The first-order valence-electron chi connectivity index (χ1n) is 10.3. The molecule has 4 heteroatoms. The van der Waals surface area contributed by atoms with Gasteiger partial charge in [0.25, 0.3) is 0 Å². The molecule has 0 aliphatic rings. The van der Waals surface area contributed by atoms with E-state index in [4.69, 9.17) is 9.97 Å². The summed E-state index contributed by atoms with van der Waals surface area (Å²) in [6.07, 6.45) is 3.79. The number of aromatic nitrogens is 2. The molecule has 0 spiro atoms. The van der Waals surface area contributed by atoms with Crippen LogP contribution in [0, 0.1) is 0 Å². The molecule has 0 bridgehead atoms. The number of hydrogen-bond acceptors (Lipinski definition) is 3. The van der Waals surface area contributed by atoms with Crippen molar-refractivity contribution in [2.45, 2.75) is 32.6 Å². The molecule has 4 rings (SSSR count). The highest BCUT2D eigenvalue weighted by atomic mass is 16.4. The van der Waals surface area contributed by atoms with Crippen LogP contribution in [0.25, 0.3) is 22.0 Å². The Morgan fingerprint density at radius 2 is 1.63 bits per heavy atom. The number of carboxylic acids is 1. The summed E-state index contributed by atoms with van der Waals surface area (Å²) < 4.78 is 0. The van der Waals surface area contributed by atoms with Gasteiger partial charge in [0.15, 0.2) is 0 Å². The van der Waals surface area contributed by atoms with E-state index in [1.54, 1.807) is 12.1 Å². The molecule has 0 fully saturated rings. The summed E-state index contributed by atoms with van der Waals surface area (Å²) in [6.45, 7) is 2.17. The predicted molar refractivity (Wildman–Crippen MR) is 120 cm³/mol. The Labute approximate surface area is 176 Å². The van der Waals surface area contributed by atoms with Crippen molar-refractivity contribution in [2.24, 2.45) is 0 Å². The van der Waals surface area contributed by atoms with Crippen LogP contribution in [-0.4, -0.2) is 21.0 Å². The van der Waals surface area contributed by atoms with E-state index in [2.05, 4.69) is 25.1 Å². The number of para-hydroxylation sites is 1. The highest BCUT2D eigenvalue weighted by Gasteiger charge is 2.12. The monoisotopic (exact) mass is 396 g/mol. The minimum Gasteiger partial charge on any atom is -0.478 e. The Morgan fingerprint density at radius 1 is 0.900 bits per heavy atom. The molecule has 1 N–H and O–H groups in total. The maximum absolute atomic E-state index is 11.5. The van der Waals surface area contributed by atoms with Gasteiger partial charge in [-0.15, -0.1) is 0 Å². The van der Waals surface area contributed by atoms with Gasteiger partial charge in [0.2, 0.25) is 0 Å². The van der Waals surface area contributed by atoms with Crippen LogP contribution in [0.3, 0.4) is 0 Å². The van der Waals surface area contributed by atoms with Gasteiger partial charge in [0, 0.05) is 18.2 Å². The lowest BCUT2D eigenvalue weighted by atomic mass is 9.97. The molecular formula is C26H24N2O2. The lowest BCUT2D eigenvalue weighted by Crippen LogP contribution is -2.02. The number of carboxylic acid groups (broad SMARTS) is 1. The van der Waals surface area contributed by atoms with Crippen LogP contribution in [0.5, 0.6) is 0 Å². The first-order chi connectivity index (χ1) is 14.7. The van der Waals surface area contributed by atoms with Crippen LogP contribution < -0.4 is 0 Å². The van der Waals surface area contributed by atoms with Crippen LogP contribution in [0.15, 0.2) is 72.8 Å². The lowest BCUT2D eigenvalue weighted by Gasteiger charge is -2.10. The maximum atomic E-state index is 11.5. The molecule has 0 radical (unpaired) electrons. The van der Waals surface area contributed by atoms with Crippen molar-refractivity contribution in [1.82, 2.24) is 9.97 Å². The summed E-state index contributed by atoms with van der Waals surface area (Å²) in [6, 6.07) is 23.3. The van der Waals surface area contributed by atoms with E-state index < -0.39 is 5.97 Å². The zero-order valence-corrected chi connectivity index (χ0v) is 17.0. The Morgan fingerprint density at radius 3 is 2.40 bits per heavy atom. The quantitative estimate of drug-likeness (QED) is 0.421. The average molecular weight is 396 g/mol. The number of hydrogen-bond donors (Lipinski definition) is 1. The van der Waals surface area contributed by atoms with Gasteiger partial charge in [-0.25, -0.2) is 14.8 Å². The number of carbonyl (C=O) groups is 1. The number of aromatic carboxylic acids is 1. The van der Waals surface area contributed by atoms with Gasteiger partial charge in [0.1, 0.15) is 5.82 Å². The van der Waals surface area contributed by atoms with Crippen molar-refractivity contribution >= 4 is 16.9 Å². The Hall–Kier alpha value is -3.53. The third-order valence-electron chi connectivity index (χ3n) is 5.28.